The Hall–Kier alpha value is -2.11. The minimum Gasteiger partial charge on any atom is -0.353 e. The van der Waals surface area contributed by atoms with Crippen LogP contribution in [0.3, 0.4) is 0 Å². The van der Waals surface area contributed by atoms with Crippen LogP contribution in [-0.2, 0) is 13.0 Å². The second kappa shape index (κ2) is 5.83. The maximum Gasteiger partial charge on any atom is 0.256 e. The maximum atomic E-state index is 12.5. The predicted molar refractivity (Wildman–Crippen MR) is 94.7 cm³/mol. The van der Waals surface area contributed by atoms with E-state index < -0.39 is 0 Å². The fourth-order valence-corrected chi connectivity index (χ4v) is 4.49. The van der Waals surface area contributed by atoms with E-state index in [-0.39, 0.29) is 12.1 Å². The van der Waals surface area contributed by atoms with Gasteiger partial charge in [0, 0.05) is 18.0 Å². The summed E-state index contributed by atoms with van der Waals surface area (Å²) in [6.45, 7) is 1.95. The lowest BCUT2D eigenvalue weighted by Crippen LogP contribution is -2.43. The molecule has 23 heavy (non-hydrogen) atoms. The molecule has 0 aliphatic carbocycles. The zero-order valence-electron chi connectivity index (χ0n) is 13.0. The van der Waals surface area contributed by atoms with Crippen LogP contribution in [0.2, 0.25) is 0 Å². The highest BCUT2D eigenvalue weighted by atomic mass is 32.1. The van der Waals surface area contributed by atoms with Crippen molar-refractivity contribution in [3.05, 3.63) is 58.0 Å². The number of fused-ring (bicyclic) bond motifs is 3. The molecule has 0 unspecified atom stereocenters. The highest BCUT2D eigenvalue weighted by Gasteiger charge is 2.31. The first-order chi connectivity index (χ1) is 11.2. The molecular weight excluding hydrogens is 306 g/mol. The molecule has 1 aromatic carbocycles. The summed E-state index contributed by atoms with van der Waals surface area (Å²) < 4.78 is 0. The van der Waals surface area contributed by atoms with E-state index in [1.54, 1.807) is 11.3 Å². The van der Waals surface area contributed by atoms with Crippen LogP contribution in [0.25, 0.3) is 6.08 Å². The Balaban J connectivity index is 1.58. The highest BCUT2D eigenvalue weighted by Crippen LogP contribution is 2.38. The number of likely N-dealkylation sites (N-methyl/N-ethyl adjacent to an activating group) is 1. The van der Waals surface area contributed by atoms with Gasteiger partial charge in [0.15, 0.2) is 0 Å². The van der Waals surface area contributed by atoms with Crippen LogP contribution in [0.5, 0.6) is 0 Å². The first-order valence-corrected chi connectivity index (χ1v) is 8.66. The lowest BCUT2D eigenvalue weighted by Gasteiger charge is -2.25. The van der Waals surface area contributed by atoms with Crippen LogP contribution in [0, 0.1) is 0 Å². The van der Waals surface area contributed by atoms with Gasteiger partial charge < -0.3 is 15.5 Å². The van der Waals surface area contributed by atoms with Gasteiger partial charge in [-0.05, 0) is 30.7 Å². The van der Waals surface area contributed by atoms with E-state index in [0.29, 0.717) is 0 Å². The Morgan fingerprint density at radius 2 is 2.09 bits per heavy atom. The third-order valence-corrected chi connectivity index (χ3v) is 5.48. The van der Waals surface area contributed by atoms with Crippen molar-refractivity contribution in [1.82, 2.24) is 10.2 Å². The largest absolute Gasteiger partial charge is 0.353 e. The number of hydrogen-bond acceptors (Lipinski definition) is 4. The Kier molecular flexibility index (Phi) is 3.67. The lowest BCUT2D eigenvalue weighted by atomic mass is 10.0. The molecule has 2 aliphatic rings. The van der Waals surface area contributed by atoms with Gasteiger partial charge in [0.2, 0.25) is 0 Å². The van der Waals surface area contributed by atoms with Crippen molar-refractivity contribution in [3.63, 3.8) is 0 Å². The van der Waals surface area contributed by atoms with Gasteiger partial charge in [-0.3, -0.25) is 4.79 Å². The van der Waals surface area contributed by atoms with E-state index in [9.17, 15) is 4.79 Å². The maximum absolute atomic E-state index is 12.5. The van der Waals surface area contributed by atoms with Crippen molar-refractivity contribution in [2.45, 2.75) is 19.1 Å². The summed E-state index contributed by atoms with van der Waals surface area (Å²) in [7, 11) is 2.13. The summed E-state index contributed by atoms with van der Waals surface area (Å²) in [5.74, 6) is 0.0449. The zero-order chi connectivity index (χ0) is 15.8. The molecule has 5 heteroatoms. The molecule has 2 N–H and O–H groups in total. The second-order valence-corrected chi connectivity index (χ2v) is 7.17. The number of nitrogens with one attached hydrogen (secondary N) is 2. The van der Waals surface area contributed by atoms with Crippen molar-refractivity contribution in [2.24, 2.45) is 0 Å². The summed E-state index contributed by atoms with van der Waals surface area (Å²) in [6.07, 6.45) is 4.83. The van der Waals surface area contributed by atoms with E-state index in [1.807, 2.05) is 42.5 Å². The van der Waals surface area contributed by atoms with Gasteiger partial charge in [0.1, 0.15) is 11.2 Å². The molecule has 0 spiro atoms. The van der Waals surface area contributed by atoms with Crippen molar-refractivity contribution in [2.75, 3.05) is 18.9 Å². The van der Waals surface area contributed by atoms with Crippen LogP contribution in [0.1, 0.15) is 26.4 Å². The number of benzene rings is 1. The van der Waals surface area contributed by atoms with Gasteiger partial charge in [-0.15, -0.1) is 11.3 Å². The molecule has 0 saturated heterocycles. The summed E-state index contributed by atoms with van der Waals surface area (Å²) in [4.78, 5) is 16.1. The Morgan fingerprint density at radius 1 is 1.26 bits per heavy atom. The molecule has 0 saturated carbocycles. The van der Waals surface area contributed by atoms with Gasteiger partial charge in [-0.1, -0.05) is 36.4 Å². The molecule has 1 atom stereocenters. The molecule has 0 bridgehead atoms. The van der Waals surface area contributed by atoms with Gasteiger partial charge in [0.05, 0.1) is 5.56 Å². The highest BCUT2D eigenvalue weighted by molar-refractivity contribution is 7.16. The van der Waals surface area contributed by atoms with E-state index in [4.69, 9.17) is 0 Å². The average Bonchev–Trinajstić information content (AvgIpc) is 2.91. The number of rotatable bonds is 2. The SMILES string of the molecule is CN1CCc2c(sc3c2C(=O)N[C@H](/C=C\c2ccccc2)N3)C1. The van der Waals surface area contributed by atoms with Crippen LogP contribution >= 0.6 is 11.3 Å². The van der Waals surface area contributed by atoms with Gasteiger partial charge in [0.25, 0.3) is 5.91 Å². The molecule has 4 nitrogen and oxygen atoms in total. The number of anilines is 1. The first kappa shape index (κ1) is 14.5. The van der Waals surface area contributed by atoms with Gasteiger partial charge in [-0.2, -0.15) is 0 Å². The summed E-state index contributed by atoms with van der Waals surface area (Å²) in [5, 5.41) is 7.51. The van der Waals surface area contributed by atoms with Crippen LogP contribution in [0.15, 0.2) is 36.4 Å². The zero-order valence-corrected chi connectivity index (χ0v) is 13.8. The summed E-state index contributed by atoms with van der Waals surface area (Å²) in [5.41, 5.74) is 3.22. The third kappa shape index (κ3) is 2.78. The number of amides is 1. The quantitative estimate of drug-likeness (QED) is 0.892. The van der Waals surface area contributed by atoms with Crippen molar-refractivity contribution in [3.8, 4) is 0 Å². The van der Waals surface area contributed by atoms with Crippen molar-refractivity contribution < 1.29 is 4.79 Å². The molecule has 3 heterocycles. The standard InChI is InChI=1S/C18H19N3OS/c1-21-10-9-13-14(11-21)23-18-16(13)17(22)19-15(20-18)8-7-12-5-3-2-4-6-12/h2-8,15,20H,9-11H2,1H3,(H,19,22)/b8-7-/t15-/m0/s1. The molecule has 118 valence electrons. The fourth-order valence-electron chi connectivity index (χ4n) is 3.13. The van der Waals surface area contributed by atoms with Crippen molar-refractivity contribution >= 4 is 28.3 Å². The van der Waals surface area contributed by atoms with Crippen LogP contribution < -0.4 is 10.6 Å². The number of nitrogens with zero attached hydrogens (tertiary/aromatic N) is 1. The molecule has 1 amide bonds. The van der Waals surface area contributed by atoms with Crippen LogP contribution in [0.4, 0.5) is 5.00 Å². The number of carbonyl (C=O) groups excluding carboxylic acids is 1. The van der Waals surface area contributed by atoms with E-state index in [2.05, 4.69) is 22.6 Å². The predicted octanol–water partition coefficient (Wildman–Crippen LogP) is 2.93. The Morgan fingerprint density at radius 3 is 2.91 bits per heavy atom. The van der Waals surface area contributed by atoms with Gasteiger partial charge in [-0.25, -0.2) is 0 Å². The van der Waals surface area contributed by atoms with Crippen molar-refractivity contribution in [1.29, 1.82) is 0 Å². The summed E-state index contributed by atoms with van der Waals surface area (Å²) in [6, 6.07) is 10.1. The fraction of sp³-hybridized carbons (Fsp3) is 0.278. The number of thiophene rings is 1. The Labute approximate surface area is 139 Å². The molecule has 2 aromatic rings. The second-order valence-electron chi connectivity index (χ2n) is 6.06. The smallest absolute Gasteiger partial charge is 0.256 e. The summed E-state index contributed by atoms with van der Waals surface area (Å²) >= 11 is 1.72. The minimum absolute atomic E-state index is 0.0449. The first-order valence-electron chi connectivity index (χ1n) is 7.84. The number of carbonyl (C=O) groups is 1. The third-order valence-electron chi connectivity index (χ3n) is 4.33. The molecule has 2 aliphatic heterocycles. The normalized spacial score (nSPS) is 20.7. The molecule has 4 rings (SSSR count). The average molecular weight is 325 g/mol. The minimum atomic E-state index is -0.159. The lowest BCUT2D eigenvalue weighted by molar-refractivity contribution is 0.0942. The van der Waals surface area contributed by atoms with Crippen LogP contribution in [-0.4, -0.2) is 30.6 Å². The van der Waals surface area contributed by atoms with E-state index >= 15 is 0 Å². The molecule has 0 radical (unpaired) electrons. The Bertz CT molecular complexity index is 766. The van der Waals surface area contributed by atoms with E-state index in [0.717, 1.165) is 35.6 Å². The van der Waals surface area contributed by atoms with Gasteiger partial charge >= 0.3 is 0 Å². The van der Waals surface area contributed by atoms with E-state index in [1.165, 1.54) is 10.4 Å². The monoisotopic (exact) mass is 325 g/mol. The number of hydrogen-bond donors (Lipinski definition) is 2. The molecule has 0 fully saturated rings. The molecular formula is C18H19N3OS. The molecule has 1 aromatic heterocycles. The topological polar surface area (TPSA) is 44.4 Å².